The van der Waals surface area contributed by atoms with Gasteiger partial charge in [0.1, 0.15) is 18.2 Å². The van der Waals surface area contributed by atoms with Crippen LogP contribution in [0.5, 0.6) is 5.75 Å². The first kappa shape index (κ1) is 18.8. The fourth-order valence-electron chi connectivity index (χ4n) is 2.69. The van der Waals surface area contributed by atoms with Crippen LogP contribution in [-0.2, 0) is 0 Å². The molecule has 29 heavy (non-hydrogen) atoms. The molecule has 144 valence electrons. The molecule has 2 aromatic carbocycles. The Hall–Kier alpha value is -3.58. The summed E-state index contributed by atoms with van der Waals surface area (Å²) < 4.78 is 20.4. The quantitative estimate of drug-likeness (QED) is 0.460. The number of thiazole rings is 1. The summed E-state index contributed by atoms with van der Waals surface area (Å²) in [5, 5.41) is 4.26. The Morgan fingerprint density at radius 1 is 1.14 bits per heavy atom. The summed E-state index contributed by atoms with van der Waals surface area (Å²) >= 11 is 1.26. The monoisotopic (exact) mass is 405 g/mol. The molecule has 0 fully saturated rings. The van der Waals surface area contributed by atoms with E-state index in [1.165, 1.54) is 28.0 Å². The molecule has 0 amide bonds. The summed E-state index contributed by atoms with van der Waals surface area (Å²) in [7, 11) is 0. The van der Waals surface area contributed by atoms with E-state index in [0.717, 1.165) is 11.1 Å². The summed E-state index contributed by atoms with van der Waals surface area (Å²) in [4.78, 5) is 17.6. The Labute approximate surface area is 169 Å². The van der Waals surface area contributed by atoms with Crippen LogP contribution in [0.4, 0.5) is 4.39 Å². The van der Waals surface area contributed by atoms with Gasteiger partial charge in [0.2, 0.25) is 4.96 Å². The highest BCUT2D eigenvalue weighted by molar-refractivity contribution is 7.15. The molecule has 0 saturated carbocycles. The van der Waals surface area contributed by atoms with Gasteiger partial charge in [-0.15, -0.1) is 5.10 Å². The van der Waals surface area contributed by atoms with Gasteiger partial charge in [0.15, 0.2) is 5.82 Å². The lowest BCUT2D eigenvalue weighted by atomic mass is 10.2. The predicted molar refractivity (Wildman–Crippen MR) is 113 cm³/mol. The minimum absolute atomic E-state index is 0.238. The molecule has 0 N–H and O–H groups in total. The Bertz CT molecular complexity index is 1310. The second-order valence-electron chi connectivity index (χ2n) is 6.10. The molecule has 4 rings (SSSR count). The number of nitrogens with zero attached hydrogens (tertiary/aromatic N) is 3. The molecule has 0 aliphatic heterocycles. The molecular weight excluding hydrogens is 389 g/mol. The maximum Gasteiger partial charge on any atom is 0.291 e. The number of fused-ring (bicyclic) bond motifs is 1. The number of benzene rings is 2. The Morgan fingerprint density at radius 2 is 1.93 bits per heavy atom. The summed E-state index contributed by atoms with van der Waals surface area (Å²) in [6.45, 7) is 4.03. The summed E-state index contributed by atoms with van der Waals surface area (Å²) in [5.74, 6) is 0.798. The van der Waals surface area contributed by atoms with Crippen LogP contribution in [0.25, 0.3) is 23.2 Å². The van der Waals surface area contributed by atoms with Gasteiger partial charge in [-0.25, -0.2) is 4.39 Å². The highest BCUT2D eigenvalue weighted by Gasteiger charge is 2.10. The molecule has 2 aromatic heterocycles. The molecule has 0 unspecified atom stereocenters. The van der Waals surface area contributed by atoms with Crippen LogP contribution in [0.1, 0.15) is 17.0 Å². The van der Waals surface area contributed by atoms with E-state index in [1.807, 2.05) is 24.3 Å². The predicted octanol–water partition coefficient (Wildman–Crippen LogP) is 3.57. The fourth-order valence-corrected chi connectivity index (χ4v) is 3.59. The van der Waals surface area contributed by atoms with Crippen molar-refractivity contribution in [1.82, 2.24) is 14.6 Å². The van der Waals surface area contributed by atoms with Crippen molar-refractivity contribution in [2.24, 2.45) is 0 Å². The van der Waals surface area contributed by atoms with Gasteiger partial charge in [-0.3, -0.25) is 4.79 Å². The summed E-state index contributed by atoms with van der Waals surface area (Å²) in [5.41, 5.74) is 1.38. The van der Waals surface area contributed by atoms with Crippen molar-refractivity contribution in [3.63, 3.8) is 0 Å². The molecule has 0 radical (unpaired) electrons. The smallest absolute Gasteiger partial charge is 0.291 e. The van der Waals surface area contributed by atoms with E-state index in [1.54, 1.807) is 36.4 Å². The first-order chi connectivity index (χ1) is 14.1. The third-order valence-electron chi connectivity index (χ3n) is 4.06. The fraction of sp³-hybridized carbons (Fsp3) is 0.0455. The second kappa shape index (κ2) is 8.20. The van der Waals surface area contributed by atoms with Gasteiger partial charge in [-0.1, -0.05) is 60.4 Å². The minimum Gasteiger partial charge on any atom is -0.489 e. The lowest BCUT2D eigenvalue weighted by Crippen LogP contribution is -2.23. The van der Waals surface area contributed by atoms with E-state index in [-0.39, 0.29) is 11.4 Å². The van der Waals surface area contributed by atoms with E-state index in [2.05, 4.69) is 16.7 Å². The van der Waals surface area contributed by atoms with Crippen LogP contribution in [0.2, 0.25) is 0 Å². The summed E-state index contributed by atoms with van der Waals surface area (Å²) in [6, 6.07) is 13.5. The highest BCUT2D eigenvalue weighted by Crippen LogP contribution is 2.18. The van der Waals surface area contributed by atoms with E-state index < -0.39 is 0 Å². The SMILES string of the molecule is C=CCOc1ccccc1/C=c1/sc2nc(/C=C/c3ccc(F)cc3)nn2c1=O. The van der Waals surface area contributed by atoms with Crippen LogP contribution < -0.4 is 14.8 Å². The molecule has 4 aromatic rings. The Balaban J connectivity index is 1.65. The minimum atomic E-state index is -0.293. The third kappa shape index (κ3) is 4.14. The van der Waals surface area contributed by atoms with Gasteiger partial charge in [0.25, 0.3) is 5.56 Å². The highest BCUT2D eigenvalue weighted by atomic mass is 32.1. The van der Waals surface area contributed by atoms with Crippen molar-refractivity contribution in [2.75, 3.05) is 6.61 Å². The lowest BCUT2D eigenvalue weighted by Gasteiger charge is -2.05. The van der Waals surface area contributed by atoms with Crippen molar-refractivity contribution < 1.29 is 9.13 Å². The van der Waals surface area contributed by atoms with Crippen LogP contribution >= 0.6 is 11.3 Å². The number of hydrogen-bond donors (Lipinski definition) is 0. The zero-order chi connectivity index (χ0) is 20.2. The molecular formula is C22H16FN3O2S. The van der Waals surface area contributed by atoms with Gasteiger partial charge in [0, 0.05) is 5.56 Å². The van der Waals surface area contributed by atoms with Crippen LogP contribution in [0.3, 0.4) is 0 Å². The van der Waals surface area contributed by atoms with Gasteiger partial charge < -0.3 is 4.74 Å². The maximum absolute atomic E-state index is 13.0. The number of rotatable bonds is 6. The average molecular weight is 405 g/mol. The molecule has 2 heterocycles. The molecule has 7 heteroatoms. The first-order valence-corrected chi connectivity index (χ1v) is 9.63. The zero-order valence-electron chi connectivity index (χ0n) is 15.3. The topological polar surface area (TPSA) is 56.5 Å². The summed E-state index contributed by atoms with van der Waals surface area (Å²) in [6.07, 6.45) is 6.90. The lowest BCUT2D eigenvalue weighted by molar-refractivity contribution is 0.362. The third-order valence-corrected chi connectivity index (χ3v) is 5.01. The van der Waals surface area contributed by atoms with Crippen molar-refractivity contribution >= 4 is 34.5 Å². The number of para-hydroxylation sites is 1. The first-order valence-electron chi connectivity index (χ1n) is 8.82. The molecule has 0 spiro atoms. The second-order valence-corrected chi connectivity index (χ2v) is 7.11. The van der Waals surface area contributed by atoms with Crippen molar-refractivity contribution in [3.05, 3.63) is 98.8 Å². The van der Waals surface area contributed by atoms with Gasteiger partial charge in [-0.05, 0) is 35.9 Å². The van der Waals surface area contributed by atoms with E-state index >= 15 is 0 Å². The molecule has 0 saturated heterocycles. The largest absolute Gasteiger partial charge is 0.489 e. The van der Waals surface area contributed by atoms with Gasteiger partial charge in [0.05, 0.1) is 4.53 Å². The standard InChI is InChI=1S/C22H16FN3O2S/c1-2-13-28-18-6-4-3-5-16(18)14-19-21(27)26-22(29-19)24-20(25-26)12-9-15-7-10-17(23)11-8-15/h2-12,14H,1,13H2/b12-9+,19-14+. The van der Waals surface area contributed by atoms with Crippen LogP contribution in [0, 0.1) is 5.82 Å². The Kier molecular flexibility index (Phi) is 5.31. The zero-order valence-corrected chi connectivity index (χ0v) is 16.1. The van der Waals surface area contributed by atoms with E-state index in [9.17, 15) is 9.18 Å². The number of halogens is 1. The van der Waals surface area contributed by atoms with E-state index in [0.29, 0.717) is 27.7 Å². The van der Waals surface area contributed by atoms with Crippen LogP contribution in [-0.4, -0.2) is 21.2 Å². The number of aromatic nitrogens is 3. The average Bonchev–Trinajstić information content (AvgIpc) is 3.26. The van der Waals surface area contributed by atoms with Crippen molar-refractivity contribution in [3.8, 4) is 5.75 Å². The molecule has 0 bridgehead atoms. The Morgan fingerprint density at radius 3 is 2.69 bits per heavy atom. The molecule has 5 nitrogen and oxygen atoms in total. The van der Waals surface area contributed by atoms with Crippen LogP contribution in [0.15, 0.2) is 66.0 Å². The molecule has 0 aliphatic rings. The maximum atomic E-state index is 13.0. The normalized spacial score (nSPS) is 12.1. The molecule has 0 aliphatic carbocycles. The molecule has 0 atom stereocenters. The van der Waals surface area contributed by atoms with E-state index in [4.69, 9.17) is 4.74 Å². The van der Waals surface area contributed by atoms with Gasteiger partial charge >= 0.3 is 0 Å². The number of ether oxygens (including phenoxy) is 1. The van der Waals surface area contributed by atoms with Crippen molar-refractivity contribution in [2.45, 2.75) is 0 Å². The van der Waals surface area contributed by atoms with Gasteiger partial charge in [-0.2, -0.15) is 9.50 Å². The van der Waals surface area contributed by atoms with Crippen molar-refractivity contribution in [1.29, 1.82) is 0 Å². The number of hydrogen-bond acceptors (Lipinski definition) is 5.